The van der Waals surface area contributed by atoms with Gasteiger partial charge in [0.1, 0.15) is 0 Å². The molecule has 1 heterocycles. The second kappa shape index (κ2) is 3.20. The minimum atomic E-state index is -2.65. The summed E-state index contributed by atoms with van der Waals surface area (Å²) in [4.78, 5) is 15.3. The number of hydrogen-bond donors (Lipinski definition) is 1. The molecule has 1 atom stereocenters. The Hall–Kier alpha value is -1.06. The van der Waals surface area contributed by atoms with Crippen LogP contribution in [0.25, 0.3) is 0 Å². The third-order valence-electron chi connectivity index (χ3n) is 0.702. The highest BCUT2D eigenvalue weighted by molar-refractivity contribution is 7.32. The lowest BCUT2D eigenvalue weighted by atomic mass is 10.7. The first kappa shape index (κ1) is 7.05. The van der Waals surface area contributed by atoms with Crippen molar-refractivity contribution in [2.75, 3.05) is 0 Å². The Balaban J connectivity index is 2.67. The summed E-state index contributed by atoms with van der Waals surface area (Å²) >= 11 is 0. The first-order chi connectivity index (χ1) is 4.79. The molecule has 0 bridgehead atoms. The normalized spacial score (nSPS) is 10.7. The third-order valence-corrected chi connectivity index (χ3v) is 1.02. The van der Waals surface area contributed by atoms with Gasteiger partial charge in [-0.05, 0) is 6.07 Å². The summed E-state index contributed by atoms with van der Waals surface area (Å²) in [5.74, 6) is 0. The van der Waals surface area contributed by atoms with E-state index >= 15 is 0 Å². The van der Waals surface area contributed by atoms with Crippen molar-refractivity contribution in [1.29, 1.82) is 0 Å². The number of nitrogens with zero attached hydrogens (tertiary/aromatic N) is 2. The first-order valence-corrected chi connectivity index (χ1v) is 3.53. The Labute approximate surface area is 57.7 Å². The smallest absolute Gasteiger partial charge is 0.199 e. The Bertz CT molecular complexity index is 227. The van der Waals surface area contributed by atoms with Gasteiger partial charge in [0.05, 0.1) is 0 Å². The summed E-state index contributed by atoms with van der Waals surface area (Å²) in [6.07, 6.45) is 2.84. The molecule has 0 aliphatic heterocycles. The van der Waals surface area contributed by atoms with E-state index < -0.39 is 8.25 Å². The van der Waals surface area contributed by atoms with E-state index in [1.807, 2.05) is 0 Å². The standard InChI is InChI=1S/C4H3N2O3P/c7-10(8)9-4-5-2-1-3-6-4/h1-3H/p+1. The molecule has 0 aliphatic rings. The Morgan fingerprint density at radius 1 is 1.50 bits per heavy atom. The molecule has 0 fully saturated rings. The minimum absolute atomic E-state index is 0.0916. The van der Waals surface area contributed by atoms with E-state index in [4.69, 9.17) is 4.89 Å². The highest BCUT2D eigenvalue weighted by Gasteiger charge is 2.15. The zero-order valence-electron chi connectivity index (χ0n) is 4.84. The van der Waals surface area contributed by atoms with Crippen LogP contribution in [-0.4, -0.2) is 14.9 Å². The van der Waals surface area contributed by atoms with Gasteiger partial charge in [0.25, 0.3) is 0 Å². The lowest BCUT2D eigenvalue weighted by Crippen LogP contribution is -1.86. The van der Waals surface area contributed by atoms with Gasteiger partial charge in [-0.25, -0.2) is 0 Å². The minimum Gasteiger partial charge on any atom is -0.199 e. The SMILES string of the molecule is O=[P+](O)Oc1ncccn1. The van der Waals surface area contributed by atoms with E-state index in [1.165, 1.54) is 12.4 Å². The van der Waals surface area contributed by atoms with Crippen molar-refractivity contribution in [2.45, 2.75) is 0 Å². The quantitative estimate of drug-likeness (QED) is 0.636. The molecule has 1 aromatic heterocycles. The van der Waals surface area contributed by atoms with E-state index in [0.717, 1.165) is 0 Å². The van der Waals surface area contributed by atoms with Crippen LogP contribution in [0.15, 0.2) is 18.5 Å². The van der Waals surface area contributed by atoms with Crippen LogP contribution in [0.1, 0.15) is 0 Å². The van der Waals surface area contributed by atoms with Crippen LogP contribution in [0.4, 0.5) is 0 Å². The van der Waals surface area contributed by atoms with E-state index in [9.17, 15) is 4.57 Å². The first-order valence-electron chi connectivity index (χ1n) is 2.40. The van der Waals surface area contributed by atoms with Gasteiger partial charge in [-0.3, -0.25) is 0 Å². The fraction of sp³-hybridized carbons (Fsp3) is 0. The second-order valence-electron chi connectivity index (χ2n) is 1.36. The maximum Gasteiger partial charge on any atom is 0.750 e. The predicted molar refractivity (Wildman–Crippen MR) is 32.5 cm³/mol. The summed E-state index contributed by atoms with van der Waals surface area (Å²) in [5, 5.41) is 0. The molecule has 6 heteroatoms. The fourth-order valence-electron chi connectivity index (χ4n) is 0.402. The highest BCUT2D eigenvalue weighted by atomic mass is 31.1. The molecule has 5 nitrogen and oxygen atoms in total. The van der Waals surface area contributed by atoms with Crippen molar-refractivity contribution < 1.29 is 14.0 Å². The second-order valence-corrected chi connectivity index (χ2v) is 2.02. The van der Waals surface area contributed by atoms with Gasteiger partial charge in [-0.1, -0.05) is 0 Å². The Morgan fingerprint density at radius 3 is 2.60 bits per heavy atom. The maximum absolute atomic E-state index is 10.0. The zero-order valence-corrected chi connectivity index (χ0v) is 5.73. The zero-order chi connectivity index (χ0) is 7.40. The molecule has 0 saturated carbocycles. The summed E-state index contributed by atoms with van der Waals surface area (Å²) in [6, 6.07) is 1.49. The van der Waals surface area contributed by atoms with Gasteiger partial charge < -0.3 is 0 Å². The van der Waals surface area contributed by atoms with Crippen LogP contribution >= 0.6 is 8.25 Å². The van der Waals surface area contributed by atoms with Crippen molar-refractivity contribution in [3.05, 3.63) is 18.5 Å². The van der Waals surface area contributed by atoms with Crippen molar-refractivity contribution in [3.8, 4) is 6.01 Å². The van der Waals surface area contributed by atoms with E-state index in [-0.39, 0.29) is 6.01 Å². The van der Waals surface area contributed by atoms with Gasteiger partial charge in [0.2, 0.25) is 0 Å². The molecule has 0 saturated heterocycles. The molecule has 1 aromatic rings. The van der Waals surface area contributed by atoms with Crippen molar-refractivity contribution in [3.63, 3.8) is 0 Å². The van der Waals surface area contributed by atoms with E-state index in [0.29, 0.717) is 0 Å². The number of hydrogen-bond acceptors (Lipinski definition) is 4. The Morgan fingerprint density at radius 2 is 2.10 bits per heavy atom. The molecule has 0 radical (unpaired) electrons. The van der Waals surface area contributed by atoms with Crippen LogP contribution in [0.3, 0.4) is 0 Å². The third kappa shape index (κ3) is 2.05. The van der Waals surface area contributed by atoms with Crippen molar-refractivity contribution in [2.24, 2.45) is 0 Å². The summed E-state index contributed by atoms with van der Waals surface area (Å²) in [7, 11) is -2.65. The molecule has 0 amide bonds. The highest BCUT2D eigenvalue weighted by Crippen LogP contribution is 2.16. The average Bonchev–Trinajstić information content (AvgIpc) is 1.88. The number of aromatic nitrogens is 2. The maximum atomic E-state index is 10.0. The van der Waals surface area contributed by atoms with Gasteiger partial charge in [-0.15, -0.1) is 4.89 Å². The van der Waals surface area contributed by atoms with Gasteiger partial charge in [-0.2, -0.15) is 14.5 Å². The molecule has 1 N–H and O–H groups in total. The largest absolute Gasteiger partial charge is 0.750 e. The van der Waals surface area contributed by atoms with E-state index in [1.54, 1.807) is 6.07 Å². The van der Waals surface area contributed by atoms with Crippen LogP contribution < -0.4 is 4.52 Å². The van der Waals surface area contributed by atoms with Crippen LogP contribution in [0.5, 0.6) is 6.01 Å². The predicted octanol–water partition coefficient (Wildman–Crippen LogP) is 0.505. The molecule has 1 rings (SSSR count). The van der Waals surface area contributed by atoms with Gasteiger partial charge in [0, 0.05) is 17.0 Å². The molecule has 0 aliphatic carbocycles. The molecule has 1 unspecified atom stereocenters. The molecule has 52 valence electrons. The molecular weight excluding hydrogens is 155 g/mol. The lowest BCUT2D eigenvalue weighted by Gasteiger charge is -1.83. The molecule has 0 aromatic carbocycles. The van der Waals surface area contributed by atoms with Crippen molar-refractivity contribution in [1.82, 2.24) is 9.97 Å². The van der Waals surface area contributed by atoms with Gasteiger partial charge >= 0.3 is 14.3 Å². The van der Waals surface area contributed by atoms with Crippen molar-refractivity contribution >= 4 is 8.25 Å². The van der Waals surface area contributed by atoms with Crippen LogP contribution in [-0.2, 0) is 4.57 Å². The number of rotatable bonds is 2. The average molecular weight is 159 g/mol. The Kier molecular flexibility index (Phi) is 2.25. The summed E-state index contributed by atoms with van der Waals surface area (Å²) in [5.41, 5.74) is 0. The molecule has 0 spiro atoms. The van der Waals surface area contributed by atoms with Crippen LogP contribution in [0, 0.1) is 0 Å². The summed E-state index contributed by atoms with van der Waals surface area (Å²) < 4.78 is 14.3. The topological polar surface area (TPSA) is 72.3 Å². The van der Waals surface area contributed by atoms with Gasteiger partial charge in [0.15, 0.2) is 0 Å². The monoisotopic (exact) mass is 159 g/mol. The summed E-state index contributed by atoms with van der Waals surface area (Å²) in [6.45, 7) is 0. The molecule has 10 heavy (non-hydrogen) atoms. The fourth-order valence-corrected chi connectivity index (χ4v) is 0.636. The molecular formula is C4H4N2O3P+. The van der Waals surface area contributed by atoms with E-state index in [2.05, 4.69) is 14.5 Å². The lowest BCUT2D eigenvalue weighted by molar-refractivity contribution is 0.396. The van der Waals surface area contributed by atoms with Crippen LogP contribution in [0.2, 0.25) is 0 Å².